The normalized spacial score (nSPS) is 9.94. The molecule has 5 N–H and O–H groups in total. The molecule has 4 radical (unpaired) electrons. The first-order valence-corrected chi connectivity index (χ1v) is 5.28. The van der Waals surface area contributed by atoms with E-state index < -0.39 is 5.17 Å². The van der Waals surface area contributed by atoms with Gasteiger partial charge in [0.15, 0.2) is 0 Å². The van der Waals surface area contributed by atoms with E-state index in [-0.39, 0.29) is 38.5 Å². The Morgan fingerprint density at radius 1 is 1.24 bits per heavy atom. The van der Waals surface area contributed by atoms with E-state index in [1.54, 1.807) is 0 Å². The zero-order valence-electron chi connectivity index (χ0n) is 9.25. The van der Waals surface area contributed by atoms with E-state index in [0.29, 0.717) is 0 Å². The number of hydrogen-bond donors (Lipinski definition) is 4. The molecule has 0 spiro atoms. The minimum absolute atomic E-state index is 0. The fourth-order valence-corrected chi connectivity index (χ4v) is 1.19. The number of hydrogen-bond acceptors (Lipinski definition) is 2. The average molecular weight is 466 g/mol. The maximum Gasteiger partial charge on any atom is 0.254 e. The molecule has 0 aliphatic heterocycles. The Labute approximate surface area is 131 Å². The van der Waals surface area contributed by atoms with Crippen LogP contribution in [0, 0.1) is 0 Å². The van der Waals surface area contributed by atoms with Gasteiger partial charge in [-0.05, 0) is 36.9 Å². The van der Waals surface area contributed by atoms with Gasteiger partial charge < -0.3 is 21.3 Å². The van der Waals surface area contributed by atoms with E-state index in [9.17, 15) is 0 Å². The van der Waals surface area contributed by atoms with Gasteiger partial charge in [-0.15, -0.1) is 0 Å². The second kappa shape index (κ2) is 10.7. The maximum atomic E-state index is 8.80. The Bertz CT molecular complexity index is 345. The van der Waals surface area contributed by atoms with Crippen LogP contribution in [0.5, 0.6) is 0 Å². The molecule has 1 aromatic rings. The molecule has 1 atom stereocenters. The molecule has 0 aliphatic carbocycles. The monoisotopic (exact) mass is 466 g/mol. The smallest absolute Gasteiger partial charge is 0.254 e. The molecule has 7 heteroatoms. The van der Waals surface area contributed by atoms with Crippen LogP contribution in [0.3, 0.4) is 0 Å². The molecule has 0 saturated heterocycles. The van der Waals surface area contributed by atoms with Crippen molar-refractivity contribution in [1.82, 2.24) is 5.32 Å². The van der Waals surface area contributed by atoms with Crippen LogP contribution in [-0.4, -0.2) is 47.9 Å². The Kier molecular flexibility index (Phi) is 11.8. The molecule has 0 saturated carbocycles. The molecule has 17 heavy (non-hydrogen) atoms. The van der Waals surface area contributed by atoms with Crippen molar-refractivity contribution in [3.05, 3.63) is 35.9 Å². The molecule has 0 fully saturated rings. The molecule has 92 valence electrons. The fraction of sp³-hybridized carbons (Fsp3) is 0.200. The molecule has 1 unspecified atom stereocenters. The van der Waals surface area contributed by atoms with E-state index in [2.05, 4.69) is 35.5 Å². The Balaban J connectivity index is 0. The molecule has 0 aliphatic rings. The van der Waals surface area contributed by atoms with E-state index in [1.165, 1.54) is 0 Å². The first-order valence-electron chi connectivity index (χ1n) is 4.46. The van der Waals surface area contributed by atoms with Crippen molar-refractivity contribution in [2.75, 3.05) is 0 Å². The quantitative estimate of drug-likeness (QED) is 0.393. The summed E-state index contributed by atoms with van der Waals surface area (Å²) in [6, 6.07) is 9.88. The number of benzene rings is 1. The topological polar surface area (TPSA) is 78.5 Å². The summed E-state index contributed by atoms with van der Waals surface area (Å²) in [5, 5.41) is 18.5. The SMILES string of the molecule is CC(NC(O)=S)c1ccccc1.NC(O)=S.[Pb]. The number of nitrogens with one attached hydrogen (secondary N) is 1. The number of rotatable bonds is 2. The van der Waals surface area contributed by atoms with Crippen LogP contribution in [0.4, 0.5) is 0 Å². The van der Waals surface area contributed by atoms with Crippen molar-refractivity contribution in [3.63, 3.8) is 0 Å². The van der Waals surface area contributed by atoms with Crippen molar-refractivity contribution in [1.29, 1.82) is 0 Å². The number of nitrogens with two attached hydrogens (primary N) is 1. The van der Waals surface area contributed by atoms with Gasteiger partial charge in [-0.3, -0.25) is 0 Å². The van der Waals surface area contributed by atoms with Gasteiger partial charge in [-0.25, -0.2) is 0 Å². The Hall–Kier alpha value is -0.478. The first kappa shape index (κ1) is 18.9. The third-order valence-electron chi connectivity index (χ3n) is 1.64. The number of aliphatic hydroxyl groups is 2. The van der Waals surface area contributed by atoms with E-state index in [4.69, 9.17) is 10.2 Å². The van der Waals surface area contributed by atoms with Crippen LogP contribution in [0.1, 0.15) is 18.5 Å². The van der Waals surface area contributed by atoms with Gasteiger partial charge in [-0.1, -0.05) is 30.3 Å². The van der Waals surface area contributed by atoms with Gasteiger partial charge >= 0.3 is 0 Å². The van der Waals surface area contributed by atoms with E-state index in [0.717, 1.165) is 5.56 Å². The van der Waals surface area contributed by atoms with Gasteiger partial charge in [0.1, 0.15) is 0 Å². The van der Waals surface area contributed by atoms with Crippen molar-refractivity contribution < 1.29 is 10.2 Å². The second-order valence-electron chi connectivity index (χ2n) is 2.92. The van der Waals surface area contributed by atoms with Gasteiger partial charge in [0, 0.05) is 27.3 Å². The minimum atomic E-state index is -0.500. The zero-order chi connectivity index (χ0) is 12.6. The predicted molar refractivity (Wildman–Crippen MR) is 78.4 cm³/mol. The van der Waals surface area contributed by atoms with E-state index in [1.807, 2.05) is 37.3 Å². The molecule has 1 rings (SSSR count). The third kappa shape index (κ3) is 11.8. The Morgan fingerprint density at radius 2 is 1.65 bits per heavy atom. The van der Waals surface area contributed by atoms with Crippen molar-refractivity contribution in [2.45, 2.75) is 13.0 Å². The summed E-state index contributed by atoms with van der Waals surface area (Å²) in [5.41, 5.74) is 5.50. The summed E-state index contributed by atoms with van der Waals surface area (Å²) in [4.78, 5) is 0. The molecule has 0 bridgehead atoms. The van der Waals surface area contributed by atoms with Crippen molar-refractivity contribution >= 4 is 62.1 Å². The summed E-state index contributed by atoms with van der Waals surface area (Å²) in [7, 11) is 0. The molecule has 1 aromatic carbocycles. The van der Waals surface area contributed by atoms with Crippen LogP contribution in [-0.2, 0) is 0 Å². The molecular weight excluding hydrogens is 451 g/mol. The second-order valence-corrected chi connectivity index (χ2v) is 3.73. The van der Waals surface area contributed by atoms with Crippen molar-refractivity contribution in [3.8, 4) is 0 Å². The largest absolute Gasteiger partial charge is 0.487 e. The predicted octanol–water partition coefficient (Wildman–Crippen LogP) is 1.59. The van der Waals surface area contributed by atoms with Gasteiger partial charge in [0.05, 0.1) is 6.04 Å². The maximum absolute atomic E-state index is 8.80. The molecule has 4 nitrogen and oxygen atoms in total. The summed E-state index contributed by atoms with van der Waals surface area (Å²) >= 11 is 8.39. The van der Waals surface area contributed by atoms with Gasteiger partial charge in [0.2, 0.25) is 0 Å². The molecular formula is C10H14N2O2PbS2. The molecule has 0 heterocycles. The summed E-state index contributed by atoms with van der Waals surface area (Å²) in [6.07, 6.45) is 0. The summed E-state index contributed by atoms with van der Waals surface area (Å²) in [5.74, 6) is 0. The summed E-state index contributed by atoms with van der Waals surface area (Å²) < 4.78 is 0. The summed E-state index contributed by atoms with van der Waals surface area (Å²) in [6.45, 7) is 1.94. The zero-order valence-corrected chi connectivity index (χ0v) is 14.8. The van der Waals surface area contributed by atoms with Crippen LogP contribution < -0.4 is 11.1 Å². The van der Waals surface area contributed by atoms with Crippen LogP contribution >= 0.6 is 24.4 Å². The standard InChI is InChI=1S/C9H11NOS.CH3NOS.Pb/c1-7(10-9(11)12)8-5-3-2-4-6-8;2-1(3)4;/h2-7H,1H3,(H2,10,11,12);(H3,2,3,4);. The number of aliphatic hydroxyl groups excluding tert-OH is 2. The third-order valence-corrected chi connectivity index (χ3v) is 1.76. The average Bonchev–Trinajstić information content (AvgIpc) is 2.17. The molecule has 0 aromatic heterocycles. The van der Waals surface area contributed by atoms with E-state index >= 15 is 0 Å². The van der Waals surface area contributed by atoms with Crippen LogP contribution in [0.2, 0.25) is 0 Å². The fourth-order valence-electron chi connectivity index (χ4n) is 1.01. The first-order chi connectivity index (χ1) is 7.43. The van der Waals surface area contributed by atoms with Crippen molar-refractivity contribution in [2.24, 2.45) is 5.73 Å². The molecule has 0 amide bonds. The Morgan fingerprint density at radius 3 is 2.00 bits per heavy atom. The number of thiocarbonyl (C=S) groups is 2. The van der Waals surface area contributed by atoms with Crippen LogP contribution in [0.15, 0.2) is 30.3 Å². The van der Waals surface area contributed by atoms with Gasteiger partial charge in [0.25, 0.3) is 10.3 Å². The van der Waals surface area contributed by atoms with Crippen LogP contribution in [0.25, 0.3) is 0 Å². The van der Waals surface area contributed by atoms with Gasteiger partial charge in [-0.2, -0.15) is 0 Å². The minimum Gasteiger partial charge on any atom is -0.487 e.